The predicted molar refractivity (Wildman–Crippen MR) is 88.1 cm³/mol. The van der Waals surface area contributed by atoms with Crippen molar-refractivity contribution in [2.75, 3.05) is 20.3 Å². The molecule has 116 valence electrons. The minimum Gasteiger partial charge on any atom is -0.493 e. The lowest BCUT2D eigenvalue weighted by Gasteiger charge is -2.14. The Morgan fingerprint density at radius 3 is 2.76 bits per heavy atom. The van der Waals surface area contributed by atoms with Crippen molar-refractivity contribution in [2.24, 2.45) is 5.92 Å². The summed E-state index contributed by atoms with van der Waals surface area (Å²) in [6.07, 6.45) is 6.71. The second-order valence-corrected chi connectivity index (χ2v) is 5.70. The van der Waals surface area contributed by atoms with Crippen LogP contribution in [0.1, 0.15) is 32.3 Å². The number of unbranched alkanes of at least 4 members (excludes halogenated alkanes) is 1. The van der Waals surface area contributed by atoms with E-state index < -0.39 is 0 Å². The van der Waals surface area contributed by atoms with Crippen LogP contribution in [0.4, 0.5) is 0 Å². The summed E-state index contributed by atoms with van der Waals surface area (Å²) in [6.45, 7) is 6.60. The highest BCUT2D eigenvalue weighted by Gasteiger charge is 2.12. The lowest BCUT2D eigenvalue weighted by Crippen LogP contribution is -2.19. The van der Waals surface area contributed by atoms with Gasteiger partial charge in [0.15, 0.2) is 11.5 Å². The van der Waals surface area contributed by atoms with Crippen LogP contribution in [0.5, 0.6) is 11.5 Å². The maximum absolute atomic E-state index is 6.29. The van der Waals surface area contributed by atoms with Crippen molar-refractivity contribution in [1.29, 1.82) is 0 Å². The molecule has 0 heterocycles. The highest BCUT2D eigenvalue weighted by atomic mass is 35.5. The topological polar surface area (TPSA) is 30.5 Å². The number of terminal acetylenes is 1. The van der Waals surface area contributed by atoms with Crippen LogP contribution in [0.15, 0.2) is 12.1 Å². The molecule has 0 spiro atoms. The fourth-order valence-corrected chi connectivity index (χ4v) is 2.16. The van der Waals surface area contributed by atoms with Crippen LogP contribution < -0.4 is 14.8 Å². The molecule has 0 radical (unpaired) electrons. The van der Waals surface area contributed by atoms with Crippen LogP contribution >= 0.6 is 11.6 Å². The smallest absolute Gasteiger partial charge is 0.179 e. The fraction of sp³-hybridized carbons (Fsp3) is 0.529. The summed E-state index contributed by atoms with van der Waals surface area (Å²) in [5.41, 5.74) is 1.08. The van der Waals surface area contributed by atoms with Crippen molar-refractivity contribution in [2.45, 2.75) is 33.2 Å². The Morgan fingerprint density at radius 1 is 1.38 bits per heavy atom. The second-order valence-electron chi connectivity index (χ2n) is 5.29. The van der Waals surface area contributed by atoms with Gasteiger partial charge in [-0.05, 0) is 36.6 Å². The number of halogens is 1. The van der Waals surface area contributed by atoms with Gasteiger partial charge in [0.1, 0.15) is 0 Å². The summed E-state index contributed by atoms with van der Waals surface area (Å²) >= 11 is 6.29. The van der Waals surface area contributed by atoms with Crippen LogP contribution in [0.3, 0.4) is 0 Å². The van der Waals surface area contributed by atoms with Crippen LogP contribution in [-0.2, 0) is 6.54 Å². The molecule has 3 nitrogen and oxygen atoms in total. The first-order valence-electron chi connectivity index (χ1n) is 7.21. The van der Waals surface area contributed by atoms with E-state index in [1.54, 1.807) is 7.11 Å². The molecule has 0 bridgehead atoms. The van der Waals surface area contributed by atoms with Gasteiger partial charge >= 0.3 is 0 Å². The molecule has 1 aromatic carbocycles. The van der Waals surface area contributed by atoms with E-state index in [0.717, 1.165) is 25.1 Å². The molecular weight excluding hydrogens is 286 g/mol. The van der Waals surface area contributed by atoms with E-state index in [0.29, 0.717) is 35.5 Å². The van der Waals surface area contributed by atoms with Crippen molar-refractivity contribution in [3.8, 4) is 23.8 Å². The van der Waals surface area contributed by atoms with Crippen molar-refractivity contribution < 1.29 is 9.47 Å². The highest BCUT2D eigenvalue weighted by Crippen LogP contribution is 2.36. The van der Waals surface area contributed by atoms with E-state index in [1.165, 1.54) is 0 Å². The van der Waals surface area contributed by atoms with Gasteiger partial charge in [0.05, 0.1) is 18.7 Å². The number of hydrogen-bond donors (Lipinski definition) is 1. The van der Waals surface area contributed by atoms with Crippen LogP contribution in [0, 0.1) is 18.3 Å². The van der Waals surface area contributed by atoms with Gasteiger partial charge in [0, 0.05) is 13.0 Å². The molecule has 0 unspecified atom stereocenters. The van der Waals surface area contributed by atoms with E-state index in [-0.39, 0.29) is 0 Å². The largest absolute Gasteiger partial charge is 0.493 e. The van der Waals surface area contributed by atoms with E-state index in [1.807, 2.05) is 12.1 Å². The Hall–Kier alpha value is -1.37. The third-order valence-electron chi connectivity index (χ3n) is 2.88. The standard InChI is InChI=1S/C17H24ClNO2/c1-5-6-7-8-21-17-15(18)9-14(10-16(17)20-4)12-19-11-13(2)3/h1,9-10,13,19H,6-8,11-12H2,2-4H3. The molecule has 0 amide bonds. The first-order chi connectivity index (χ1) is 10.1. The molecule has 21 heavy (non-hydrogen) atoms. The first-order valence-corrected chi connectivity index (χ1v) is 7.59. The number of benzene rings is 1. The van der Waals surface area contributed by atoms with Gasteiger partial charge < -0.3 is 14.8 Å². The molecule has 1 aromatic rings. The number of ether oxygens (including phenoxy) is 2. The zero-order valence-corrected chi connectivity index (χ0v) is 13.8. The number of nitrogens with one attached hydrogen (secondary N) is 1. The third kappa shape index (κ3) is 6.29. The summed E-state index contributed by atoms with van der Waals surface area (Å²) in [4.78, 5) is 0. The van der Waals surface area contributed by atoms with E-state index in [9.17, 15) is 0 Å². The molecule has 0 saturated carbocycles. The Labute approximate surface area is 133 Å². The van der Waals surface area contributed by atoms with Crippen molar-refractivity contribution >= 4 is 11.6 Å². The molecule has 1 N–H and O–H groups in total. The van der Waals surface area contributed by atoms with Crippen LogP contribution in [0.2, 0.25) is 5.02 Å². The summed E-state index contributed by atoms with van der Waals surface area (Å²) in [6, 6.07) is 3.86. The van der Waals surface area contributed by atoms with Gasteiger partial charge in [-0.2, -0.15) is 0 Å². The normalized spacial score (nSPS) is 10.5. The molecular formula is C17H24ClNO2. The summed E-state index contributed by atoms with van der Waals surface area (Å²) in [7, 11) is 1.62. The maximum atomic E-state index is 6.29. The van der Waals surface area contributed by atoms with Crippen LogP contribution in [0.25, 0.3) is 0 Å². The minimum absolute atomic E-state index is 0.533. The van der Waals surface area contributed by atoms with Crippen molar-refractivity contribution in [3.63, 3.8) is 0 Å². The first kappa shape index (κ1) is 17.7. The number of rotatable bonds is 9. The highest BCUT2D eigenvalue weighted by molar-refractivity contribution is 6.32. The van der Waals surface area contributed by atoms with Gasteiger partial charge in [0.2, 0.25) is 0 Å². The average molecular weight is 310 g/mol. The zero-order chi connectivity index (χ0) is 15.7. The maximum Gasteiger partial charge on any atom is 0.179 e. The quantitative estimate of drug-likeness (QED) is 0.554. The number of hydrogen-bond acceptors (Lipinski definition) is 3. The summed E-state index contributed by atoms with van der Waals surface area (Å²) in [5, 5.41) is 3.95. The Bertz CT molecular complexity index is 480. The van der Waals surface area contributed by atoms with E-state index in [2.05, 4.69) is 25.1 Å². The summed E-state index contributed by atoms with van der Waals surface area (Å²) < 4.78 is 11.1. The molecule has 4 heteroatoms. The third-order valence-corrected chi connectivity index (χ3v) is 3.16. The second kappa shape index (κ2) is 9.55. The molecule has 0 aliphatic rings. The molecule has 0 aliphatic carbocycles. The van der Waals surface area contributed by atoms with Gasteiger partial charge in [-0.3, -0.25) is 0 Å². The lowest BCUT2D eigenvalue weighted by atomic mass is 10.1. The Morgan fingerprint density at radius 2 is 2.14 bits per heavy atom. The van der Waals surface area contributed by atoms with Crippen molar-refractivity contribution in [3.05, 3.63) is 22.7 Å². The molecule has 1 rings (SSSR count). The van der Waals surface area contributed by atoms with E-state index in [4.69, 9.17) is 27.5 Å². The minimum atomic E-state index is 0.533. The number of methoxy groups -OCH3 is 1. The van der Waals surface area contributed by atoms with E-state index >= 15 is 0 Å². The average Bonchev–Trinajstić information content (AvgIpc) is 2.44. The molecule has 0 atom stereocenters. The lowest BCUT2D eigenvalue weighted by molar-refractivity contribution is 0.291. The monoisotopic (exact) mass is 309 g/mol. The van der Waals surface area contributed by atoms with Crippen LogP contribution in [-0.4, -0.2) is 20.3 Å². The predicted octanol–water partition coefficient (Wildman–Crippen LogP) is 3.89. The fourth-order valence-electron chi connectivity index (χ4n) is 1.87. The Balaban J connectivity index is 2.70. The SMILES string of the molecule is C#CCCCOc1c(Cl)cc(CNCC(C)C)cc1OC. The molecule has 0 aliphatic heterocycles. The van der Waals surface area contributed by atoms with Gasteiger partial charge in [-0.25, -0.2) is 0 Å². The zero-order valence-electron chi connectivity index (χ0n) is 13.0. The summed E-state index contributed by atoms with van der Waals surface area (Å²) in [5.74, 6) is 4.44. The van der Waals surface area contributed by atoms with Gasteiger partial charge in [-0.1, -0.05) is 25.4 Å². The molecule has 0 saturated heterocycles. The van der Waals surface area contributed by atoms with Crippen molar-refractivity contribution in [1.82, 2.24) is 5.32 Å². The Kier molecular flexibility index (Phi) is 8.04. The van der Waals surface area contributed by atoms with Gasteiger partial charge in [-0.15, -0.1) is 12.3 Å². The molecule has 0 fully saturated rings. The van der Waals surface area contributed by atoms with Gasteiger partial charge in [0.25, 0.3) is 0 Å². The molecule has 0 aromatic heterocycles.